The molecule has 0 amide bonds. The van der Waals surface area contributed by atoms with Gasteiger partial charge in [0.2, 0.25) is 0 Å². The Kier molecular flexibility index (Phi) is 1.11. The Morgan fingerprint density at radius 3 is 2.92 bits per heavy atom. The SMILES string of the molecule is CC12OC3CC4CC3C1CCCC42. The molecule has 3 saturated carbocycles. The van der Waals surface area contributed by atoms with Crippen LogP contribution in [0.1, 0.15) is 39.0 Å². The van der Waals surface area contributed by atoms with Crippen LogP contribution in [0.4, 0.5) is 0 Å². The Bertz CT molecular complexity index is 254. The first kappa shape index (κ1) is 7.28. The monoisotopic (exact) mass is 178 g/mol. The quantitative estimate of drug-likeness (QED) is 0.554. The molecular formula is C12H18O. The minimum atomic E-state index is 0.328. The van der Waals surface area contributed by atoms with Crippen LogP contribution in [0.25, 0.3) is 0 Å². The highest BCUT2D eigenvalue weighted by atomic mass is 16.5. The van der Waals surface area contributed by atoms with Gasteiger partial charge in [-0.2, -0.15) is 0 Å². The fourth-order valence-electron chi connectivity index (χ4n) is 5.21. The van der Waals surface area contributed by atoms with Crippen LogP contribution in [-0.4, -0.2) is 11.7 Å². The topological polar surface area (TPSA) is 9.23 Å². The summed E-state index contributed by atoms with van der Waals surface area (Å²) >= 11 is 0. The van der Waals surface area contributed by atoms with Crippen LogP contribution >= 0.6 is 0 Å². The fraction of sp³-hybridized carbons (Fsp3) is 1.00. The maximum atomic E-state index is 6.31. The van der Waals surface area contributed by atoms with E-state index in [1.165, 1.54) is 32.1 Å². The van der Waals surface area contributed by atoms with Gasteiger partial charge in [0.05, 0.1) is 11.7 Å². The van der Waals surface area contributed by atoms with Crippen LogP contribution in [0.2, 0.25) is 0 Å². The molecule has 1 heteroatoms. The van der Waals surface area contributed by atoms with Gasteiger partial charge >= 0.3 is 0 Å². The van der Waals surface area contributed by atoms with Crippen molar-refractivity contribution in [2.45, 2.75) is 50.7 Å². The van der Waals surface area contributed by atoms with E-state index in [4.69, 9.17) is 4.74 Å². The van der Waals surface area contributed by atoms with Crippen LogP contribution in [0, 0.1) is 23.7 Å². The zero-order valence-corrected chi connectivity index (χ0v) is 8.33. The summed E-state index contributed by atoms with van der Waals surface area (Å²) in [6, 6.07) is 0. The zero-order chi connectivity index (χ0) is 8.63. The van der Waals surface area contributed by atoms with Crippen molar-refractivity contribution in [1.82, 2.24) is 0 Å². The van der Waals surface area contributed by atoms with E-state index in [1.54, 1.807) is 0 Å². The van der Waals surface area contributed by atoms with E-state index in [0.29, 0.717) is 11.7 Å². The van der Waals surface area contributed by atoms with Gasteiger partial charge in [-0.3, -0.25) is 0 Å². The Balaban J connectivity index is 1.87. The number of rotatable bonds is 0. The molecule has 0 radical (unpaired) electrons. The fourth-order valence-corrected chi connectivity index (χ4v) is 5.21. The van der Waals surface area contributed by atoms with Gasteiger partial charge in [-0.25, -0.2) is 0 Å². The molecule has 72 valence electrons. The predicted molar refractivity (Wildman–Crippen MR) is 50.3 cm³/mol. The van der Waals surface area contributed by atoms with Crippen LogP contribution in [0.5, 0.6) is 0 Å². The lowest BCUT2D eigenvalue weighted by molar-refractivity contribution is -0.153. The molecule has 1 nitrogen and oxygen atoms in total. The summed E-state index contributed by atoms with van der Waals surface area (Å²) in [5, 5.41) is 0. The summed E-state index contributed by atoms with van der Waals surface area (Å²) in [6.07, 6.45) is 7.98. The maximum absolute atomic E-state index is 6.31. The molecule has 2 heterocycles. The summed E-state index contributed by atoms with van der Waals surface area (Å²) in [5.74, 6) is 3.88. The normalized spacial score (nSPS) is 67.6. The zero-order valence-electron chi connectivity index (χ0n) is 8.33. The molecule has 5 rings (SSSR count). The minimum Gasteiger partial charge on any atom is -0.371 e. The first-order chi connectivity index (χ1) is 6.29. The Hall–Kier alpha value is -0.0400. The van der Waals surface area contributed by atoms with Crippen molar-refractivity contribution in [2.24, 2.45) is 23.7 Å². The molecule has 5 fully saturated rings. The van der Waals surface area contributed by atoms with E-state index >= 15 is 0 Å². The van der Waals surface area contributed by atoms with Crippen molar-refractivity contribution >= 4 is 0 Å². The van der Waals surface area contributed by atoms with E-state index in [1.807, 2.05) is 0 Å². The molecule has 6 unspecified atom stereocenters. The molecule has 6 atom stereocenters. The van der Waals surface area contributed by atoms with Crippen molar-refractivity contribution in [2.75, 3.05) is 0 Å². The first-order valence-electron chi connectivity index (χ1n) is 5.97. The van der Waals surface area contributed by atoms with Crippen LogP contribution < -0.4 is 0 Å². The average Bonchev–Trinajstić information content (AvgIpc) is 2.50. The standard InChI is InChI=1S/C12H18O/c1-12-9-3-2-4-10(12)8-5-7(9)6-11(8)13-12/h7-11H,2-6H2,1H3. The second-order valence-corrected chi connectivity index (χ2v) is 5.88. The lowest BCUT2D eigenvalue weighted by Crippen LogP contribution is -2.51. The lowest BCUT2D eigenvalue weighted by atomic mass is 9.58. The summed E-state index contributed by atoms with van der Waals surface area (Å²) in [4.78, 5) is 0. The van der Waals surface area contributed by atoms with Gasteiger partial charge in [0.15, 0.2) is 0 Å². The highest BCUT2D eigenvalue weighted by molar-refractivity contribution is 5.14. The van der Waals surface area contributed by atoms with E-state index in [9.17, 15) is 0 Å². The Labute approximate surface area is 79.8 Å². The predicted octanol–water partition coefficient (Wildman–Crippen LogP) is 2.60. The van der Waals surface area contributed by atoms with Gasteiger partial charge in [-0.15, -0.1) is 0 Å². The Morgan fingerprint density at radius 2 is 2.00 bits per heavy atom. The second-order valence-electron chi connectivity index (χ2n) is 5.88. The molecule has 0 aromatic rings. The minimum absolute atomic E-state index is 0.328. The van der Waals surface area contributed by atoms with Gasteiger partial charge in [-0.1, -0.05) is 6.42 Å². The van der Waals surface area contributed by atoms with Crippen molar-refractivity contribution in [3.63, 3.8) is 0 Å². The van der Waals surface area contributed by atoms with Crippen molar-refractivity contribution in [3.8, 4) is 0 Å². The molecule has 0 aromatic carbocycles. The van der Waals surface area contributed by atoms with Crippen LogP contribution in [0.15, 0.2) is 0 Å². The molecule has 5 aliphatic rings. The lowest BCUT2D eigenvalue weighted by Gasteiger charge is -2.51. The van der Waals surface area contributed by atoms with Crippen LogP contribution in [0.3, 0.4) is 0 Å². The molecule has 0 aromatic heterocycles. The highest BCUT2D eigenvalue weighted by Gasteiger charge is 2.66. The third-order valence-electron chi connectivity index (χ3n) is 5.58. The number of hydrogen-bond acceptors (Lipinski definition) is 1. The summed E-state index contributed by atoms with van der Waals surface area (Å²) in [7, 11) is 0. The first-order valence-corrected chi connectivity index (χ1v) is 5.97. The third kappa shape index (κ3) is 0.643. The van der Waals surface area contributed by atoms with Gasteiger partial charge in [0.25, 0.3) is 0 Å². The van der Waals surface area contributed by atoms with E-state index in [0.717, 1.165) is 23.7 Å². The van der Waals surface area contributed by atoms with Gasteiger partial charge in [-0.05, 0) is 56.3 Å². The van der Waals surface area contributed by atoms with Gasteiger partial charge in [0.1, 0.15) is 0 Å². The molecule has 3 aliphatic carbocycles. The largest absolute Gasteiger partial charge is 0.371 e. The second kappa shape index (κ2) is 1.98. The molecule has 0 spiro atoms. The smallest absolute Gasteiger partial charge is 0.0720 e. The maximum Gasteiger partial charge on any atom is 0.0720 e. The molecule has 2 aliphatic heterocycles. The van der Waals surface area contributed by atoms with Crippen molar-refractivity contribution in [3.05, 3.63) is 0 Å². The summed E-state index contributed by atoms with van der Waals surface area (Å²) < 4.78 is 6.31. The molecule has 2 saturated heterocycles. The average molecular weight is 178 g/mol. The number of ether oxygens (including phenoxy) is 1. The number of hydrogen-bond donors (Lipinski definition) is 0. The van der Waals surface area contributed by atoms with Gasteiger partial charge in [0, 0.05) is 0 Å². The van der Waals surface area contributed by atoms with E-state index in [-0.39, 0.29) is 0 Å². The molecule has 0 N–H and O–H groups in total. The molecular weight excluding hydrogens is 160 g/mol. The third-order valence-corrected chi connectivity index (χ3v) is 5.58. The Morgan fingerprint density at radius 1 is 1.15 bits per heavy atom. The van der Waals surface area contributed by atoms with E-state index in [2.05, 4.69) is 6.92 Å². The highest BCUT2D eigenvalue weighted by Crippen LogP contribution is 2.66. The molecule has 13 heavy (non-hydrogen) atoms. The van der Waals surface area contributed by atoms with E-state index < -0.39 is 0 Å². The van der Waals surface area contributed by atoms with Crippen molar-refractivity contribution in [1.29, 1.82) is 0 Å². The summed E-state index contributed by atoms with van der Waals surface area (Å²) in [6.45, 7) is 2.42. The van der Waals surface area contributed by atoms with Crippen molar-refractivity contribution < 1.29 is 4.74 Å². The summed E-state index contributed by atoms with van der Waals surface area (Å²) in [5.41, 5.74) is 0.328. The molecule has 6 bridgehead atoms. The van der Waals surface area contributed by atoms with Gasteiger partial charge < -0.3 is 4.74 Å². The van der Waals surface area contributed by atoms with Crippen LogP contribution in [-0.2, 0) is 4.74 Å².